The molecule has 10 heteroatoms. The van der Waals surface area contributed by atoms with E-state index in [0.717, 1.165) is 12.3 Å². The van der Waals surface area contributed by atoms with Crippen LogP contribution in [0, 0.1) is 16.0 Å². The maximum absolute atomic E-state index is 12.2. The summed E-state index contributed by atoms with van der Waals surface area (Å²) in [5.41, 5.74) is -0.0514. The van der Waals surface area contributed by atoms with E-state index in [1.165, 1.54) is 18.2 Å². The quantitative estimate of drug-likeness (QED) is 0.443. The lowest BCUT2D eigenvalue weighted by atomic mass is 10.0. The van der Waals surface area contributed by atoms with Crippen LogP contribution in [0.5, 0.6) is 0 Å². The van der Waals surface area contributed by atoms with Crippen LogP contribution in [0.15, 0.2) is 36.5 Å². The smallest absolute Gasteiger partial charge is 0.379 e. The van der Waals surface area contributed by atoms with Crippen molar-refractivity contribution in [2.24, 2.45) is 5.92 Å². The number of nitro groups is 1. The Labute approximate surface area is 141 Å². The Balaban J connectivity index is 2.80. The van der Waals surface area contributed by atoms with E-state index in [2.05, 4.69) is 10.6 Å². The molecule has 7 nitrogen and oxygen atoms in total. The fraction of sp³-hybridized carbons (Fsp3) is 0.333. The first-order valence-corrected chi connectivity index (χ1v) is 7.11. The van der Waals surface area contributed by atoms with Crippen LogP contribution in [0.3, 0.4) is 0 Å². The number of amides is 1. The minimum absolute atomic E-state index is 0.169. The molecule has 25 heavy (non-hydrogen) atoms. The Bertz CT molecular complexity index is 687. The van der Waals surface area contributed by atoms with E-state index < -0.39 is 28.8 Å². The van der Waals surface area contributed by atoms with Crippen LogP contribution in [-0.4, -0.2) is 28.8 Å². The van der Waals surface area contributed by atoms with E-state index in [1.54, 1.807) is 13.8 Å². The summed E-state index contributed by atoms with van der Waals surface area (Å²) in [4.78, 5) is 33.1. The van der Waals surface area contributed by atoms with Gasteiger partial charge in [0.15, 0.2) is 0 Å². The van der Waals surface area contributed by atoms with Gasteiger partial charge in [0.25, 0.3) is 11.5 Å². The van der Waals surface area contributed by atoms with Crippen LogP contribution in [0.4, 0.5) is 24.5 Å². The van der Waals surface area contributed by atoms with Crippen LogP contribution >= 0.6 is 0 Å². The third kappa shape index (κ3) is 6.24. The van der Waals surface area contributed by atoms with Crippen molar-refractivity contribution in [1.82, 2.24) is 5.32 Å². The molecular weight excluding hydrogens is 343 g/mol. The average Bonchev–Trinajstić information content (AvgIpc) is 2.49. The number of rotatable bonds is 7. The van der Waals surface area contributed by atoms with Crippen molar-refractivity contribution in [1.29, 1.82) is 0 Å². The molecule has 2 N–H and O–H groups in total. The molecule has 1 unspecified atom stereocenters. The maximum Gasteiger partial charge on any atom is 0.454 e. The Morgan fingerprint density at radius 1 is 1.28 bits per heavy atom. The second-order valence-corrected chi connectivity index (χ2v) is 5.38. The lowest BCUT2D eigenvalue weighted by Gasteiger charge is -2.20. The van der Waals surface area contributed by atoms with Gasteiger partial charge >= 0.3 is 6.18 Å². The van der Waals surface area contributed by atoms with E-state index >= 15 is 0 Å². The summed E-state index contributed by atoms with van der Waals surface area (Å²) < 4.78 is 36.4. The number of anilines is 1. The van der Waals surface area contributed by atoms with Crippen LogP contribution < -0.4 is 10.6 Å². The molecule has 0 saturated carbocycles. The average molecular weight is 359 g/mol. The normalized spacial score (nSPS) is 12.9. The van der Waals surface area contributed by atoms with E-state index in [1.807, 2.05) is 0 Å². The molecular formula is C15H16F3N3O4. The third-order valence-corrected chi connectivity index (χ3v) is 3.06. The lowest BCUT2D eigenvalue weighted by Crippen LogP contribution is -2.42. The van der Waals surface area contributed by atoms with Crippen molar-refractivity contribution in [3.63, 3.8) is 0 Å². The second-order valence-electron chi connectivity index (χ2n) is 5.38. The Morgan fingerprint density at radius 3 is 2.44 bits per heavy atom. The van der Waals surface area contributed by atoms with Gasteiger partial charge in [-0.3, -0.25) is 19.7 Å². The fourth-order valence-corrected chi connectivity index (χ4v) is 1.81. The molecule has 1 aromatic carbocycles. The van der Waals surface area contributed by atoms with Gasteiger partial charge in [0.2, 0.25) is 5.91 Å². The molecule has 0 fully saturated rings. The van der Waals surface area contributed by atoms with E-state index in [0.29, 0.717) is 0 Å². The number of nitrogens with one attached hydrogen (secondary N) is 2. The van der Waals surface area contributed by atoms with Crippen molar-refractivity contribution in [3.05, 3.63) is 46.7 Å². The molecule has 0 aliphatic rings. The SMILES string of the molecule is CC(C)C(N/C=C/C(=O)C(F)(F)F)C(=O)Nc1cccc([N+](=O)[O-])c1. The predicted octanol–water partition coefficient (Wildman–Crippen LogP) is 2.79. The highest BCUT2D eigenvalue weighted by atomic mass is 19.4. The zero-order chi connectivity index (χ0) is 19.2. The van der Waals surface area contributed by atoms with Gasteiger partial charge in [-0.05, 0) is 12.0 Å². The van der Waals surface area contributed by atoms with Gasteiger partial charge in [0.05, 0.1) is 4.92 Å². The van der Waals surface area contributed by atoms with Crippen LogP contribution in [0.2, 0.25) is 0 Å². The number of allylic oxidation sites excluding steroid dienone is 1. The Kier molecular flexibility index (Phi) is 6.66. The highest BCUT2D eigenvalue weighted by molar-refractivity contribution is 5.96. The molecule has 0 aromatic heterocycles. The van der Waals surface area contributed by atoms with Gasteiger partial charge in [0, 0.05) is 30.1 Å². The summed E-state index contributed by atoms with van der Waals surface area (Å²) in [5, 5.41) is 15.6. The first kappa shape index (κ1) is 20.1. The van der Waals surface area contributed by atoms with Crippen molar-refractivity contribution >= 4 is 23.1 Å². The summed E-state index contributed by atoms with van der Waals surface area (Å²) in [7, 11) is 0. The summed E-state index contributed by atoms with van der Waals surface area (Å²) in [5.74, 6) is -2.99. The van der Waals surface area contributed by atoms with E-state index in [9.17, 15) is 32.9 Å². The number of hydrogen-bond acceptors (Lipinski definition) is 5. The number of carbonyl (C=O) groups excluding carboxylic acids is 2. The van der Waals surface area contributed by atoms with Crippen molar-refractivity contribution < 1.29 is 27.7 Å². The van der Waals surface area contributed by atoms with Gasteiger partial charge in [-0.1, -0.05) is 19.9 Å². The van der Waals surface area contributed by atoms with Gasteiger partial charge < -0.3 is 10.6 Å². The lowest BCUT2D eigenvalue weighted by molar-refractivity contribution is -0.384. The molecule has 0 radical (unpaired) electrons. The number of non-ortho nitro benzene ring substituents is 1. The molecule has 1 amide bonds. The van der Waals surface area contributed by atoms with Crippen LogP contribution in [-0.2, 0) is 9.59 Å². The zero-order valence-electron chi connectivity index (χ0n) is 13.3. The van der Waals surface area contributed by atoms with Crippen molar-refractivity contribution in [3.8, 4) is 0 Å². The fourth-order valence-electron chi connectivity index (χ4n) is 1.81. The van der Waals surface area contributed by atoms with Gasteiger partial charge in [-0.25, -0.2) is 0 Å². The minimum Gasteiger partial charge on any atom is -0.379 e. The van der Waals surface area contributed by atoms with Crippen LogP contribution in [0.25, 0.3) is 0 Å². The molecule has 0 saturated heterocycles. The molecule has 1 rings (SSSR count). The number of alkyl halides is 3. The number of carbonyl (C=O) groups is 2. The Hall–Kier alpha value is -2.91. The number of halogens is 3. The summed E-state index contributed by atoms with van der Waals surface area (Å²) >= 11 is 0. The highest BCUT2D eigenvalue weighted by Gasteiger charge is 2.36. The molecule has 0 aliphatic carbocycles. The first-order chi connectivity index (χ1) is 11.5. The number of ketones is 1. The predicted molar refractivity (Wildman–Crippen MR) is 83.7 cm³/mol. The Morgan fingerprint density at radius 2 is 1.92 bits per heavy atom. The topological polar surface area (TPSA) is 101 Å². The van der Waals surface area contributed by atoms with Crippen molar-refractivity contribution in [2.75, 3.05) is 5.32 Å². The van der Waals surface area contributed by atoms with E-state index in [-0.39, 0.29) is 23.4 Å². The highest BCUT2D eigenvalue weighted by Crippen LogP contribution is 2.18. The number of hydrogen-bond donors (Lipinski definition) is 2. The minimum atomic E-state index is -4.99. The van der Waals surface area contributed by atoms with E-state index in [4.69, 9.17) is 0 Å². The number of benzene rings is 1. The second kappa shape index (κ2) is 8.27. The summed E-state index contributed by atoms with van der Waals surface area (Å²) in [6.07, 6.45) is -3.94. The molecule has 1 atom stereocenters. The monoisotopic (exact) mass is 359 g/mol. The van der Waals surface area contributed by atoms with Gasteiger partial charge in [0.1, 0.15) is 6.04 Å². The van der Waals surface area contributed by atoms with Crippen molar-refractivity contribution in [2.45, 2.75) is 26.1 Å². The molecule has 0 bridgehead atoms. The molecule has 0 heterocycles. The third-order valence-electron chi connectivity index (χ3n) is 3.06. The zero-order valence-corrected chi connectivity index (χ0v) is 13.3. The first-order valence-electron chi connectivity index (χ1n) is 7.11. The summed E-state index contributed by atoms with van der Waals surface area (Å²) in [6, 6.07) is 4.27. The number of nitro benzene ring substituents is 1. The van der Waals surface area contributed by atoms with Crippen LogP contribution in [0.1, 0.15) is 13.8 Å². The summed E-state index contributed by atoms with van der Waals surface area (Å²) in [6.45, 7) is 3.29. The number of nitrogens with zero attached hydrogens (tertiary/aromatic N) is 1. The molecule has 136 valence electrons. The molecule has 0 spiro atoms. The standard InChI is InChI=1S/C15H16F3N3O4/c1-9(2)13(19-7-6-12(22)15(16,17)18)14(23)20-10-4-3-5-11(8-10)21(24)25/h3-9,13,19H,1-2H3,(H,20,23)/b7-6+. The molecule has 1 aromatic rings. The maximum atomic E-state index is 12.2. The largest absolute Gasteiger partial charge is 0.454 e. The molecule has 0 aliphatic heterocycles. The van der Waals surface area contributed by atoms with Gasteiger partial charge in [-0.15, -0.1) is 0 Å². The van der Waals surface area contributed by atoms with Gasteiger partial charge in [-0.2, -0.15) is 13.2 Å².